The topological polar surface area (TPSA) is 159 Å². The molecule has 0 aromatic rings. The fourth-order valence-electron chi connectivity index (χ4n) is 1.76. The van der Waals surface area contributed by atoms with Crippen LogP contribution in [0, 0.1) is 40.4 Å². The van der Waals surface area contributed by atoms with Crippen LogP contribution in [0.4, 0.5) is 0 Å². The van der Waals surface area contributed by atoms with Crippen LogP contribution in [0.3, 0.4) is 0 Å². The second-order valence-electron chi connectivity index (χ2n) is 4.48. The third-order valence-electron chi connectivity index (χ3n) is 2.53. The summed E-state index contributed by atoms with van der Waals surface area (Å²) >= 11 is 0. The van der Waals surface area contributed by atoms with Crippen LogP contribution < -0.4 is 34.7 Å². The van der Waals surface area contributed by atoms with Gasteiger partial charge in [-0.05, 0) is 6.92 Å². The van der Waals surface area contributed by atoms with E-state index in [1.807, 2.05) is 0 Å². The van der Waals surface area contributed by atoms with Crippen molar-refractivity contribution in [2.24, 2.45) is 0 Å². The Balaban J connectivity index is -0.00000200. The quantitative estimate of drug-likeness (QED) is 0.244. The maximum absolute atomic E-state index is 10.7. The molecule has 1 unspecified atom stereocenters. The molecule has 23 heavy (non-hydrogen) atoms. The van der Waals surface area contributed by atoms with Crippen molar-refractivity contribution >= 4 is 23.9 Å². The second kappa shape index (κ2) is 14.5. The molecule has 0 bridgehead atoms. The predicted octanol–water partition coefficient (Wildman–Crippen LogP) is -6.01. The minimum atomic E-state index is -1.48. The summed E-state index contributed by atoms with van der Waals surface area (Å²) in [5, 5.41) is 36.7. The van der Waals surface area contributed by atoms with E-state index in [1.54, 1.807) is 0 Å². The van der Waals surface area contributed by atoms with E-state index in [9.17, 15) is 24.3 Å². The van der Waals surface area contributed by atoms with E-state index < -0.39 is 56.1 Å². The molecule has 10 nitrogen and oxygen atoms in total. The first-order chi connectivity index (χ1) is 9.61. The summed E-state index contributed by atoms with van der Waals surface area (Å²) in [6.45, 7) is -0.974. The van der Waals surface area contributed by atoms with Gasteiger partial charge in [0.1, 0.15) is 0 Å². The standard InChI is InChI=1S/C11H18N2O8.Na.Sm/c1-7(13(5-10(18)19)6-11(20)21)2-12(3-8(14)15)4-9(16)17;;/h7H,2-6H2,1H3,(H,14,15)(H,16,17)(H,18,19)(H,20,21);;/q;+1;/p-1. The first kappa shape index (κ1) is 28.0. The molecular formula is C11H17N2NaO8Sm. The Labute approximate surface area is 187 Å². The van der Waals surface area contributed by atoms with Crippen LogP contribution in [0.5, 0.6) is 0 Å². The van der Waals surface area contributed by atoms with Gasteiger partial charge in [0.2, 0.25) is 0 Å². The number of hydrogen-bond acceptors (Lipinski definition) is 7. The van der Waals surface area contributed by atoms with Crippen LogP contribution in [-0.4, -0.2) is 87.8 Å². The zero-order chi connectivity index (χ0) is 16.6. The second-order valence-corrected chi connectivity index (χ2v) is 4.48. The summed E-state index contributed by atoms with van der Waals surface area (Å²) in [4.78, 5) is 44.7. The molecule has 0 aliphatic rings. The van der Waals surface area contributed by atoms with Crippen molar-refractivity contribution < 1.29 is 110 Å². The molecule has 0 aromatic carbocycles. The molecule has 126 valence electrons. The Hall–Kier alpha value is 0.138. The fraction of sp³-hybridized carbons (Fsp3) is 0.636. The maximum atomic E-state index is 10.7. The van der Waals surface area contributed by atoms with E-state index in [0.29, 0.717) is 0 Å². The van der Waals surface area contributed by atoms with Gasteiger partial charge in [0, 0.05) is 59.5 Å². The molecule has 0 fully saturated rings. The van der Waals surface area contributed by atoms with E-state index in [-0.39, 0.29) is 76.5 Å². The number of carboxylic acids is 4. The van der Waals surface area contributed by atoms with Crippen molar-refractivity contribution in [1.29, 1.82) is 0 Å². The zero-order valence-corrected chi connectivity index (χ0v) is 17.4. The maximum Gasteiger partial charge on any atom is 1.00 e. The van der Waals surface area contributed by atoms with Gasteiger partial charge in [-0.25, -0.2) is 0 Å². The molecule has 0 saturated heterocycles. The van der Waals surface area contributed by atoms with Gasteiger partial charge in [-0.1, -0.05) is 0 Å². The summed E-state index contributed by atoms with van der Waals surface area (Å²) in [6.07, 6.45) is 0. The molecule has 0 aromatic heterocycles. The van der Waals surface area contributed by atoms with Crippen molar-refractivity contribution in [1.82, 2.24) is 9.80 Å². The SMILES string of the molecule is CC(CN(CC(=O)O)CC(=O)O)N(CC(=O)[O-])CC(=O)O.[Na+].[Sm]. The number of rotatable bonds is 11. The van der Waals surface area contributed by atoms with E-state index in [1.165, 1.54) is 6.92 Å². The molecule has 0 aliphatic carbocycles. The molecule has 1 atom stereocenters. The summed E-state index contributed by atoms with van der Waals surface area (Å²) in [6, 6.07) is -0.683. The molecule has 0 saturated carbocycles. The smallest absolute Gasteiger partial charge is 0.549 e. The van der Waals surface area contributed by atoms with Crippen LogP contribution >= 0.6 is 0 Å². The molecular weight excluding hydrogens is 461 g/mol. The van der Waals surface area contributed by atoms with Gasteiger partial charge in [0.05, 0.1) is 25.6 Å². The molecule has 0 spiro atoms. The largest absolute Gasteiger partial charge is 1.00 e. The molecule has 12 heteroatoms. The molecule has 0 rings (SSSR count). The van der Waals surface area contributed by atoms with E-state index >= 15 is 0 Å². The number of nitrogens with zero attached hydrogens (tertiary/aromatic N) is 2. The third kappa shape index (κ3) is 15.4. The molecule has 3 N–H and O–H groups in total. The average Bonchev–Trinajstić information content (AvgIpc) is 2.24. The first-order valence-electron chi connectivity index (χ1n) is 5.93. The van der Waals surface area contributed by atoms with Gasteiger partial charge in [-0.15, -0.1) is 0 Å². The number of hydrogen-bond donors (Lipinski definition) is 3. The summed E-state index contributed by atoms with van der Waals surface area (Å²) < 4.78 is 0. The van der Waals surface area contributed by atoms with Gasteiger partial charge >= 0.3 is 47.5 Å². The third-order valence-corrected chi connectivity index (χ3v) is 2.53. The molecule has 0 aliphatic heterocycles. The van der Waals surface area contributed by atoms with Crippen molar-refractivity contribution in [2.45, 2.75) is 13.0 Å². The molecule has 0 amide bonds. The Bertz CT molecular complexity index is 391. The Morgan fingerprint density at radius 1 is 0.913 bits per heavy atom. The Kier molecular flexibility index (Phi) is 17.6. The van der Waals surface area contributed by atoms with Gasteiger partial charge < -0.3 is 25.2 Å². The van der Waals surface area contributed by atoms with Crippen LogP contribution in [0.15, 0.2) is 0 Å². The average molecular weight is 479 g/mol. The summed E-state index contributed by atoms with van der Waals surface area (Å²) in [5.41, 5.74) is 0. The number of aliphatic carboxylic acids is 4. The fourth-order valence-corrected chi connectivity index (χ4v) is 1.76. The zero-order valence-electron chi connectivity index (χ0n) is 12.8. The van der Waals surface area contributed by atoms with E-state index in [4.69, 9.17) is 15.3 Å². The minimum absolute atomic E-state index is 0. The van der Waals surface area contributed by atoms with Crippen molar-refractivity contribution in [2.75, 3.05) is 32.7 Å². The monoisotopic (exact) mass is 480 g/mol. The van der Waals surface area contributed by atoms with Crippen LogP contribution in [-0.2, 0) is 19.2 Å². The van der Waals surface area contributed by atoms with E-state index in [0.717, 1.165) is 9.80 Å². The van der Waals surface area contributed by atoms with Crippen LogP contribution in [0.2, 0.25) is 0 Å². The predicted molar refractivity (Wildman–Crippen MR) is 65.4 cm³/mol. The summed E-state index contributed by atoms with van der Waals surface area (Å²) in [5.74, 6) is -5.22. The number of carbonyl (C=O) groups excluding carboxylic acids is 1. The van der Waals surface area contributed by atoms with Gasteiger partial charge in [-0.2, -0.15) is 0 Å². The van der Waals surface area contributed by atoms with Gasteiger partial charge in [-0.3, -0.25) is 24.2 Å². The van der Waals surface area contributed by atoms with Gasteiger partial charge in [0.25, 0.3) is 0 Å². The van der Waals surface area contributed by atoms with Crippen LogP contribution in [0.1, 0.15) is 6.92 Å². The Morgan fingerprint density at radius 2 is 1.30 bits per heavy atom. The number of carbonyl (C=O) groups is 4. The summed E-state index contributed by atoms with van der Waals surface area (Å²) in [7, 11) is 0. The van der Waals surface area contributed by atoms with Crippen LogP contribution in [0.25, 0.3) is 0 Å². The normalized spacial score (nSPS) is 11.3. The van der Waals surface area contributed by atoms with E-state index in [2.05, 4.69) is 0 Å². The molecule has 0 heterocycles. The van der Waals surface area contributed by atoms with Crippen molar-refractivity contribution in [3.05, 3.63) is 0 Å². The minimum Gasteiger partial charge on any atom is -0.549 e. The number of carboxylic acid groups (broad SMARTS) is 4. The first-order valence-corrected chi connectivity index (χ1v) is 5.93. The van der Waals surface area contributed by atoms with Gasteiger partial charge in [0.15, 0.2) is 0 Å². The van der Waals surface area contributed by atoms with Crippen molar-refractivity contribution in [3.8, 4) is 0 Å². The molecule has 0 radical (unpaired) electrons. The Morgan fingerprint density at radius 3 is 1.61 bits per heavy atom. The van der Waals surface area contributed by atoms with Crippen molar-refractivity contribution in [3.63, 3.8) is 0 Å².